The number of aryl methyl sites for hydroxylation is 1. The molecule has 1 unspecified atom stereocenters. The molecule has 1 fully saturated rings. The number of pyridine rings is 1. The summed E-state index contributed by atoms with van der Waals surface area (Å²) in [6, 6.07) is 9.92. The molecule has 2 aromatic heterocycles. The van der Waals surface area contributed by atoms with Gasteiger partial charge < -0.3 is 14.6 Å². The fraction of sp³-hybridized carbons (Fsp3) is 0.312. The maximum Gasteiger partial charge on any atom is 0.258 e. The van der Waals surface area contributed by atoms with Crippen molar-refractivity contribution in [1.82, 2.24) is 20.4 Å². The van der Waals surface area contributed by atoms with Crippen molar-refractivity contribution in [2.24, 2.45) is 0 Å². The van der Waals surface area contributed by atoms with Crippen molar-refractivity contribution in [3.05, 3.63) is 41.9 Å². The van der Waals surface area contributed by atoms with E-state index in [0.29, 0.717) is 18.3 Å². The topological polar surface area (TPSA) is 73.1 Å². The molecule has 1 aliphatic heterocycles. The number of aromatic nitrogens is 3. The first-order valence-electron chi connectivity index (χ1n) is 7.33. The summed E-state index contributed by atoms with van der Waals surface area (Å²) in [5.74, 6) is 1.15. The fourth-order valence-corrected chi connectivity index (χ4v) is 2.70. The maximum absolute atomic E-state index is 5.48. The summed E-state index contributed by atoms with van der Waals surface area (Å²) in [5, 5.41) is 8.44. The Kier molecular flexibility index (Phi) is 4.56. The van der Waals surface area contributed by atoms with Gasteiger partial charge in [0.15, 0.2) is 5.82 Å². The second-order valence-electron chi connectivity index (χ2n) is 5.37. The number of benzene rings is 1. The van der Waals surface area contributed by atoms with Gasteiger partial charge in [0.2, 0.25) is 0 Å². The molecule has 1 aromatic carbocycles. The van der Waals surface area contributed by atoms with Crippen LogP contribution < -0.4 is 5.32 Å². The molecule has 0 spiro atoms. The monoisotopic (exact) mass is 332 g/mol. The van der Waals surface area contributed by atoms with Crippen LogP contribution in [0, 0.1) is 6.92 Å². The van der Waals surface area contributed by atoms with Crippen LogP contribution in [0.15, 0.2) is 34.9 Å². The summed E-state index contributed by atoms with van der Waals surface area (Å²) in [6.45, 7) is 4.04. The van der Waals surface area contributed by atoms with Crippen LogP contribution in [0.1, 0.15) is 17.6 Å². The molecule has 0 amide bonds. The summed E-state index contributed by atoms with van der Waals surface area (Å²) in [6.07, 6.45) is 0. The summed E-state index contributed by atoms with van der Waals surface area (Å²) in [5.41, 5.74) is 2.77. The van der Waals surface area contributed by atoms with Crippen LogP contribution in [0.3, 0.4) is 0 Å². The molecule has 4 rings (SSSR count). The van der Waals surface area contributed by atoms with Gasteiger partial charge in [-0.1, -0.05) is 23.4 Å². The first-order valence-corrected chi connectivity index (χ1v) is 7.33. The van der Waals surface area contributed by atoms with E-state index in [2.05, 4.69) is 20.4 Å². The van der Waals surface area contributed by atoms with Gasteiger partial charge in [0.05, 0.1) is 30.3 Å². The minimum Gasteiger partial charge on any atom is -0.378 e. The quantitative estimate of drug-likeness (QED) is 0.777. The van der Waals surface area contributed by atoms with Gasteiger partial charge in [-0.2, -0.15) is 4.98 Å². The lowest BCUT2D eigenvalue weighted by Crippen LogP contribution is -2.35. The lowest BCUT2D eigenvalue weighted by atomic mass is 10.1. The molecule has 23 heavy (non-hydrogen) atoms. The molecular weight excluding hydrogens is 316 g/mol. The minimum absolute atomic E-state index is 0. The van der Waals surface area contributed by atoms with Gasteiger partial charge in [0.1, 0.15) is 0 Å². The van der Waals surface area contributed by atoms with Crippen LogP contribution >= 0.6 is 12.4 Å². The Hall–Kier alpha value is -2.02. The molecule has 0 radical (unpaired) electrons. The Morgan fingerprint density at radius 1 is 1.22 bits per heavy atom. The van der Waals surface area contributed by atoms with E-state index in [9.17, 15) is 0 Å². The molecule has 1 aliphatic rings. The van der Waals surface area contributed by atoms with Gasteiger partial charge in [0.25, 0.3) is 5.89 Å². The normalized spacial score (nSPS) is 17.9. The van der Waals surface area contributed by atoms with E-state index in [-0.39, 0.29) is 18.4 Å². The summed E-state index contributed by atoms with van der Waals surface area (Å²) < 4.78 is 10.9. The van der Waals surface area contributed by atoms with Crippen molar-refractivity contribution in [3.8, 4) is 11.5 Å². The average molecular weight is 333 g/mol. The van der Waals surface area contributed by atoms with Crippen LogP contribution in [0.5, 0.6) is 0 Å². The molecule has 1 saturated heterocycles. The molecule has 6 nitrogen and oxygen atoms in total. The van der Waals surface area contributed by atoms with Crippen molar-refractivity contribution in [1.29, 1.82) is 0 Å². The van der Waals surface area contributed by atoms with E-state index in [1.54, 1.807) is 0 Å². The number of hydrogen-bond donors (Lipinski definition) is 1. The first-order chi connectivity index (χ1) is 10.8. The molecule has 3 aromatic rings. The average Bonchev–Trinajstić information content (AvgIpc) is 3.05. The maximum atomic E-state index is 5.48. The second-order valence-corrected chi connectivity index (χ2v) is 5.37. The molecule has 0 bridgehead atoms. The van der Waals surface area contributed by atoms with E-state index < -0.39 is 0 Å². The highest BCUT2D eigenvalue weighted by molar-refractivity contribution is 5.92. The van der Waals surface area contributed by atoms with Gasteiger partial charge >= 0.3 is 0 Å². The van der Waals surface area contributed by atoms with E-state index >= 15 is 0 Å². The summed E-state index contributed by atoms with van der Waals surface area (Å²) in [7, 11) is 0. The summed E-state index contributed by atoms with van der Waals surface area (Å²) >= 11 is 0. The zero-order valence-corrected chi connectivity index (χ0v) is 13.5. The predicted molar refractivity (Wildman–Crippen MR) is 88.6 cm³/mol. The number of rotatable bonds is 2. The van der Waals surface area contributed by atoms with Crippen molar-refractivity contribution in [3.63, 3.8) is 0 Å². The number of nitrogens with one attached hydrogen (secondary N) is 1. The van der Waals surface area contributed by atoms with E-state index in [1.807, 2.05) is 37.3 Å². The Bertz CT molecular complexity index is 815. The van der Waals surface area contributed by atoms with Gasteiger partial charge in [-0.05, 0) is 19.1 Å². The van der Waals surface area contributed by atoms with E-state index in [1.165, 1.54) is 0 Å². The Morgan fingerprint density at radius 2 is 2.09 bits per heavy atom. The third-order valence-corrected chi connectivity index (χ3v) is 3.75. The zero-order chi connectivity index (χ0) is 14.9. The van der Waals surface area contributed by atoms with Crippen LogP contribution in [-0.4, -0.2) is 34.9 Å². The Balaban J connectivity index is 0.00000156. The number of nitrogens with zero attached hydrogens (tertiary/aromatic N) is 3. The second kappa shape index (κ2) is 6.62. The lowest BCUT2D eigenvalue weighted by molar-refractivity contribution is 0.0734. The summed E-state index contributed by atoms with van der Waals surface area (Å²) in [4.78, 5) is 9.08. The lowest BCUT2D eigenvalue weighted by Gasteiger charge is -2.20. The Morgan fingerprint density at radius 3 is 2.91 bits per heavy atom. The Labute approximate surface area is 139 Å². The molecular formula is C16H17ClN4O2. The third-order valence-electron chi connectivity index (χ3n) is 3.75. The highest BCUT2D eigenvalue weighted by Crippen LogP contribution is 2.28. The fourth-order valence-electron chi connectivity index (χ4n) is 2.70. The molecule has 0 saturated carbocycles. The molecule has 3 heterocycles. The van der Waals surface area contributed by atoms with Gasteiger partial charge in [-0.3, -0.25) is 4.98 Å². The van der Waals surface area contributed by atoms with E-state index in [4.69, 9.17) is 9.26 Å². The molecule has 7 heteroatoms. The van der Waals surface area contributed by atoms with Crippen LogP contribution in [-0.2, 0) is 4.74 Å². The number of morpholine rings is 1. The number of para-hydroxylation sites is 1. The highest BCUT2D eigenvalue weighted by Gasteiger charge is 2.22. The van der Waals surface area contributed by atoms with Crippen molar-refractivity contribution in [2.45, 2.75) is 13.0 Å². The van der Waals surface area contributed by atoms with Crippen molar-refractivity contribution >= 4 is 23.3 Å². The van der Waals surface area contributed by atoms with Crippen molar-refractivity contribution < 1.29 is 9.26 Å². The largest absolute Gasteiger partial charge is 0.378 e. The molecule has 0 aliphatic carbocycles. The van der Waals surface area contributed by atoms with Crippen LogP contribution in [0.4, 0.5) is 0 Å². The number of halogens is 1. The van der Waals surface area contributed by atoms with E-state index in [0.717, 1.165) is 35.3 Å². The zero-order valence-electron chi connectivity index (χ0n) is 12.7. The van der Waals surface area contributed by atoms with Gasteiger partial charge in [-0.15, -0.1) is 12.4 Å². The standard InChI is InChI=1S/C16H16N4O2.ClH/c1-10-8-12(11-4-2-3-5-13(11)18-10)16-19-15(20-22-16)14-9-21-7-6-17-14;/h2-5,8,14,17H,6-7,9H2,1H3;1H. The van der Waals surface area contributed by atoms with Crippen LogP contribution in [0.2, 0.25) is 0 Å². The third kappa shape index (κ3) is 3.06. The van der Waals surface area contributed by atoms with Gasteiger partial charge in [0, 0.05) is 17.6 Å². The van der Waals surface area contributed by atoms with Gasteiger partial charge in [-0.25, -0.2) is 0 Å². The molecule has 120 valence electrons. The van der Waals surface area contributed by atoms with Crippen LogP contribution in [0.25, 0.3) is 22.4 Å². The number of ether oxygens (including phenoxy) is 1. The van der Waals surface area contributed by atoms with Crippen molar-refractivity contribution in [2.75, 3.05) is 19.8 Å². The highest BCUT2D eigenvalue weighted by atomic mass is 35.5. The smallest absolute Gasteiger partial charge is 0.258 e. The predicted octanol–water partition coefficient (Wildman–Crippen LogP) is 2.68. The number of fused-ring (bicyclic) bond motifs is 1. The molecule has 1 atom stereocenters. The SMILES string of the molecule is Cc1cc(-c2nc(C3COCCN3)no2)c2ccccc2n1.Cl. The minimum atomic E-state index is -0.0135. The molecule has 1 N–H and O–H groups in total. The number of hydrogen-bond acceptors (Lipinski definition) is 6. The first kappa shape index (κ1) is 15.9.